The second-order valence-electron chi connectivity index (χ2n) is 5.96. The standard InChI is InChI=1S/C15H20ClNO3S/c1-10-4-5-12(3)17(9-10)15(18)13-6-11(2)7-14(8-13)21(16,19)20/h6-8,10,12H,4-5,9H2,1-3H3. The van der Waals surface area contributed by atoms with Crippen molar-refractivity contribution in [2.45, 2.75) is 44.6 Å². The highest BCUT2D eigenvalue weighted by atomic mass is 35.7. The number of benzene rings is 1. The third-order valence-corrected chi connectivity index (χ3v) is 5.29. The molecule has 1 amide bonds. The van der Waals surface area contributed by atoms with E-state index < -0.39 is 9.05 Å². The van der Waals surface area contributed by atoms with Gasteiger partial charge in [0.1, 0.15) is 0 Å². The summed E-state index contributed by atoms with van der Waals surface area (Å²) in [5.74, 6) is 0.338. The van der Waals surface area contributed by atoms with E-state index >= 15 is 0 Å². The normalized spacial score (nSPS) is 23.1. The molecule has 4 nitrogen and oxygen atoms in total. The zero-order valence-electron chi connectivity index (χ0n) is 12.5. The van der Waals surface area contributed by atoms with Crippen LogP contribution in [0.1, 0.15) is 42.6 Å². The van der Waals surface area contributed by atoms with Crippen molar-refractivity contribution in [3.63, 3.8) is 0 Å². The van der Waals surface area contributed by atoms with E-state index in [9.17, 15) is 13.2 Å². The van der Waals surface area contributed by atoms with Crippen LogP contribution in [0, 0.1) is 12.8 Å². The molecule has 1 aliphatic heterocycles. The summed E-state index contributed by atoms with van der Waals surface area (Å²) in [5, 5.41) is 0. The number of rotatable bonds is 2. The minimum atomic E-state index is -3.83. The Morgan fingerprint density at radius 3 is 2.52 bits per heavy atom. The third-order valence-electron chi connectivity index (χ3n) is 3.96. The molecule has 2 unspecified atom stereocenters. The molecule has 116 valence electrons. The minimum absolute atomic E-state index is 0.0229. The van der Waals surface area contributed by atoms with E-state index in [1.165, 1.54) is 12.1 Å². The first kappa shape index (κ1) is 16.3. The average molecular weight is 330 g/mol. The first-order valence-corrected chi connectivity index (χ1v) is 9.36. The third kappa shape index (κ3) is 3.77. The van der Waals surface area contributed by atoms with E-state index in [0.717, 1.165) is 12.8 Å². The molecule has 1 aromatic carbocycles. The minimum Gasteiger partial charge on any atom is -0.336 e. The number of nitrogens with zero attached hydrogens (tertiary/aromatic N) is 1. The fraction of sp³-hybridized carbons (Fsp3) is 0.533. The van der Waals surface area contributed by atoms with Crippen LogP contribution in [0.2, 0.25) is 0 Å². The molecule has 1 aromatic rings. The molecule has 0 N–H and O–H groups in total. The van der Waals surface area contributed by atoms with Gasteiger partial charge in [-0.2, -0.15) is 0 Å². The highest BCUT2D eigenvalue weighted by Gasteiger charge is 2.28. The smallest absolute Gasteiger partial charge is 0.261 e. The van der Waals surface area contributed by atoms with Crippen LogP contribution in [0.5, 0.6) is 0 Å². The van der Waals surface area contributed by atoms with Gasteiger partial charge in [-0.1, -0.05) is 6.92 Å². The fourth-order valence-corrected chi connectivity index (χ4v) is 3.61. The van der Waals surface area contributed by atoms with Crippen LogP contribution >= 0.6 is 10.7 Å². The lowest BCUT2D eigenvalue weighted by molar-refractivity contribution is 0.0573. The molecule has 2 atom stereocenters. The van der Waals surface area contributed by atoms with Gasteiger partial charge < -0.3 is 4.90 Å². The molecule has 1 saturated heterocycles. The molecule has 2 rings (SSSR count). The molecule has 0 spiro atoms. The Bertz CT molecular complexity index is 657. The summed E-state index contributed by atoms with van der Waals surface area (Å²) < 4.78 is 23.0. The van der Waals surface area contributed by atoms with Crippen LogP contribution in [-0.2, 0) is 9.05 Å². The van der Waals surface area contributed by atoms with Crippen molar-refractivity contribution in [3.8, 4) is 0 Å². The van der Waals surface area contributed by atoms with Crippen molar-refractivity contribution < 1.29 is 13.2 Å². The van der Waals surface area contributed by atoms with E-state index in [1.54, 1.807) is 13.0 Å². The quantitative estimate of drug-likeness (QED) is 0.783. The molecule has 0 radical (unpaired) electrons. The highest BCUT2D eigenvalue weighted by Crippen LogP contribution is 2.25. The Hall–Kier alpha value is -1.07. The fourth-order valence-electron chi connectivity index (χ4n) is 2.75. The number of carbonyl (C=O) groups is 1. The molecular formula is C15H20ClNO3S. The Morgan fingerprint density at radius 2 is 1.90 bits per heavy atom. The predicted octanol–water partition coefficient (Wildman–Crippen LogP) is 3.18. The van der Waals surface area contributed by atoms with Gasteiger partial charge in [0.25, 0.3) is 15.0 Å². The van der Waals surface area contributed by atoms with Crippen molar-refractivity contribution in [2.75, 3.05) is 6.54 Å². The maximum absolute atomic E-state index is 12.7. The zero-order valence-corrected chi connectivity index (χ0v) is 14.0. The lowest BCUT2D eigenvalue weighted by Crippen LogP contribution is -2.45. The van der Waals surface area contributed by atoms with E-state index in [-0.39, 0.29) is 16.8 Å². The maximum Gasteiger partial charge on any atom is 0.261 e. The first-order valence-electron chi connectivity index (χ1n) is 7.06. The second-order valence-corrected chi connectivity index (χ2v) is 8.53. The van der Waals surface area contributed by atoms with Crippen molar-refractivity contribution in [1.82, 2.24) is 4.90 Å². The number of halogens is 1. The highest BCUT2D eigenvalue weighted by molar-refractivity contribution is 8.13. The molecular weight excluding hydrogens is 310 g/mol. The van der Waals surface area contributed by atoms with E-state index in [2.05, 4.69) is 6.92 Å². The van der Waals surface area contributed by atoms with Gasteiger partial charge in [-0.3, -0.25) is 4.79 Å². The molecule has 0 aliphatic carbocycles. The van der Waals surface area contributed by atoms with Gasteiger partial charge in [0.2, 0.25) is 0 Å². The number of hydrogen-bond acceptors (Lipinski definition) is 3. The van der Waals surface area contributed by atoms with Crippen molar-refractivity contribution >= 4 is 25.6 Å². The lowest BCUT2D eigenvalue weighted by atomic mass is 9.94. The van der Waals surface area contributed by atoms with Crippen LogP contribution in [0.4, 0.5) is 0 Å². The summed E-state index contributed by atoms with van der Waals surface area (Å²) in [6.07, 6.45) is 2.08. The number of likely N-dealkylation sites (tertiary alicyclic amines) is 1. The van der Waals surface area contributed by atoms with Gasteiger partial charge in [-0.05, 0) is 56.4 Å². The summed E-state index contributed by atoms with van der Waals surface area (Å²) in [5.41, 5.74) is 1.09. The Labute approximate surface area is 130 Å². The second kappa shape index (κ2) is 5.97. The van der Waals surface area contributed by atoms with Crippen LogP contribution in [0.3, 0.4) is 0 Å². The molecule has 0 aromatic heterocycles. The lowest BCUT2D eigenvalue weighted by Gasteiger charge is -2.37. The van der Waals surface area contributed by atoms with Crippen molar-refractivity contribution in [3.05, 3.63) is 29.3 Å². The van der Waals surface area contributed by atoms with Crippen LogP contribution in [0.25, 0.3) is 0 Å². The summed E-state index contributed by atoms with van der Waals surface area (Å²) in [7, 11) is 1.56. The van der Waals surface area contributed by atoms with Crippen LogP contribution in [-0.4, -0.2) is 31.8 Å². The van der Waals surface area contributed by atoms with Gasteiger partial charge in [0.15, 0.2) is 0 Å². The molecule has 1 heterocycles. The molecule has 1 aliphatic rings. The zero-order chi connectivity index (χ0) is 15.8. The van der Waals surface area contributed by atoms with Gasteiger partial charge in [-0.25, -0.2) is 8.42 Å². The van der Waals surface area contributed by atoms with Crippen LogP contribution in [0.15, 0.2) is 23.1 Å². The van der Waals surface area contributed by atoms with E-state index in [4.69, 9.17) is 10.7 Å². The topological polar surface area (TPSA) is 54.5 Å². The largest absolute Gasteiger partial charge is 0.336 e. The number of hydrogen-bond donors (Lipinski definition) is 0. The summed E-state index contributed by atoms with van der Waals surface area (Å²) >= 11 is 0. The number of aryl methyl sites for hydroxylation is 1. The van der Waals surface area contributed by atoms with Gasteiger partial charge >= 0.3 is 0 Å². The molecule has 1 fully saturated rings. The number of piperidine rings is 1. The molecule has 0 bridgehead atoms. The maximum atomic E-state index is 12.7. The SMILES string of the molecule is Cc1cc(C(=O)N2CC(C)CCC2C)cc(S(=O)(=O)Cl)c1. The summed E-state index contributed by atoms with van der Waals surface area (Å²) in [6.45, 7) is 6.61. The first-order chi connectivity index (χ1) is 9.68. The summed E-state index contributed by atoms with van der Waals surface area (Å²) in [4.78, 5) is 14.5. The Kier molecular flexibility index (Phi) is 4.63. The number of amides is 1. The average Bonchev–Trinajstić information content (AvgIpc) is 2.39. The summed E-state index contributed by atoms with van der Waals surface area (Å²) in [6, 6.07) is 4.72. The number of carbonyl (C=O) groups excluding carboxylic acids is 1. The van der Waals surface area contributed by atoms with Gasteiger partial charge in [-0.15, -0.1) is 0 Å². The van der Waals surface area contributed by atoms with E-state index in [0.29, 0.717) is 23.6 Å². The predicted molar refractivity (Wildman–Crippen MR) is 83.1 cm³/mol. The van der Waals surface area contributed by atoms with Gasteiger partial charge in [0.05, 0.1) is 4.90 Å². The molecule has 0 saturated carbocycles. The Balaban J connectivity index is 2.37. The van der Waals surface area contributed by atoms with E-state index in [1.807, 2.05) is 11.8 Å². The monoisotopic (exact) mass is 329 g/mol. The molecule has 21 heavy (non-hydrogen) atoms. The van der Waals surface area contributed by atoms with Gasteiger partial charge in [0, 0.05) is 28.8 Å². The van der Waals surface area contributed by atoms with Crippen LogP contribution < -0.4 is 0 Å². The Morgan fingerprint density at radius 1 is 1.24 bits per heavy atom. The van der Waals surface area contributed by atoms with Crippen molar-refractivity contribution in [2.24, 2.45) is 5.92 Å². The molecule has 6 heteroatoms. The van der Waals surface area contributed by atoms with Crippen molar-refractivity contribution in [1.29, 1.82) is 0 Å².